The van der Waals surface area contributed by atoms with E-state index in [1.807, 2.05) is 43.3 Å². The molecule has 0 atom stereocenters. The van der Waals surface area contributed by atoms with Crippen LogP contribution in [0.3, 0.4) is 0 Å². The number of hydrogen-bond donors (Lipinski definition) is 1. The van der Waals surface area contributed by atoms with E-state index in [2.05, 4.69) is 38.1 Å². The molecule has 0 bridgehead atoms. The zero-order chi connectivity index (χ0) is 16.8. The number of aryl methyl sites for hydroxylation is 2. The first-order valence-electron chi connectivity index (χ1n) is 7.31. The standard InChI is InChI=1S/C17H13BrN4OS/c1-9-7-13-14(8-10(9)2)22-16(23)15(24-17(22)19-13)21-20-12-5-3-11(18)4-6-12/h3-8,23H,1-2H3. The fourth-order valence-electron chi connectivity index (χ4n) is 2.49. The first kappa shape index (κ1) is 15.3. The molecule has 0 unspecified atom stereocenters. The third-order valence-corrected chi connectivity index (χ3v) is 5.36. The number of aromatic nitrogens is 2. The summed E-state index contributed by atoms with van der Waals surface area (Å²) in [4.78, 5) is 5.28. The minimum absolute atomic E-state index is 0.0709. The Kier molecular flexibility index (Phi) is 3.62. The van der Waals surface area contributed by atoms with Crippen LogP contribution in [0.2, 0.25) is 0 Å². The third-order valence-electron chi connectivity index (χ3n) is 3.91. The highest BCUT2D eigenvalue weighted by Crippen LogP contribution is 2.40. The van der Waals surface area contributed by atoms with E-state index < -0.39 is 0 Å². The number of imidazole rings is 1. The molecule has 1 N–H and O–H groups in total. The van der Waals surface area contributed by atoms with Gasteiger partial charge in [-0.05, 0) is 61.4 Å². The van der Waals surface area contributed by atoms with Crippen LogP contribution < -0.4 is 0 Å². The van der Waals surface area contributed by atoms with Gasteiger partial charge in [-0.2, -0.15) is 0 Å². The Hall–Kier alpha value is -2.25. The van der Waals surface area contributed by atoms with E-state index in [-0.39, 0.29) is 5.88 Å². The van der Waals surface area contributed by atoms with Crippen LogP contribution in [-0.2, 0) is 0 Å². The molecule has 120 valence electrons. The Labute approximate surface area is 150 Å². The molecule has 2 heterocycles. The van der Waals surface area contributed by atoms with E-state index in [0.717, 1.165) is 26.8 Å². The van der Waals surface area contributed by atoms with Crippen molar-refractivity contribution in [2.45, 2.75) is 13.8 Å². The SMILES string of the molecule is Cc1cc2nc3sc(N=Nc4ccc(Br)cc4)c(O)n3c2cc1C. The number of aromatic hydroxyl groups is 1. The van der Waals surface area contributed by atoms with Gasteiger partial charge in [0, 0.05) is 4.47 Å². The molecule has 0 amide bonds. The number of benzene rings is 2. The molecular formula is C17H13BrN4OS. The molecule has 24 heavy (non-hydrogen) atoms. The van der Waals surface area contributed by atoms with Crippen LogP contribution in [0.1, 0.15) is 11.1 Å². The Morgan fingerprint density at radius 2 is 1.79 bits per heavy atom. The molecule has 7 heteroatoms. The van der Waals surface area contributed by atoms with Gasteiger partial charge in [-0.1, -0.05) is 27.3 Å². The lowest BCUT2D eigenvalue weighted by atomic mass is 10.1. The number of fused-ring (bicyclic) bond motifs is 3. The normalized spacial score (nSPS) is 12.0. The fourth-order valence-corrected chi connectivity index (χ4v) is 3.61. The van der Waals surface area contributed by atoms with Gasteiger partial charge in [0.25, 0.3) is 0 Å². The number of hydrogen-bond acceptors (Lipinski definition) is 5. The lowest BCUT2D eigenvalue weighted by Gasteiger charge is -2.00. The van der Waals surface area contributed by atoms with Crippen molar-refractivity contribution >= 4 is 53.9 Å². The number of nitrogens with zero attached hydrogens (tertiary/aromatic N) is 4. The van der Waals surface area contributed by atoms with Crippen LogP contribution >= 0.6 is 27.3 Å². The molecule has 2 aromatic heterocycles. The van der Waals surface area contributed by atoms with Gasteiger partial charge in [-0.25, -0.2) is 4.98 Å². The first-order chi connectivity index (χ1) is 11.5. The maximum absolute atomic E-state index is 10.5. The summed E-state index contributed by atoms with van der Waals surface area (Å²) >= 11 is 4.70. The minimum Gasteiger partial charge on any atom is -0.492 e. The lowest BCUT2D eigenvalue weighted by molar-refractivity contribution is 0.453. The zero-order valence-corrected chi connectivity index (χ0v) is 15.4. The smallest absolute Gasteiger partial charge is 0.237 e. The summed E-state index contributed by atoms with van der Waals surface area (Å²) in [5.74, 6) is 0.0709. The average molecular weight is 401 g/mol. The number of rotatable bonds is 2. The van der Waals surface area contributed by atoms with E-state index in [1.165, 1.54) is 16.9 Å². The van der Waals surface area contributed by atoms with E-state index >= 15 is 0 Å². The fraction of sp³-hybridized carbons (Fsp3) is 0.118. The van der Waals surface area contributed by atoms with Crippen LogP contribution in [0.15, 0.2) is 51.1 Å². The highest BCUT2D eigenvalue weighted by Gasteiger charge is 2.16. The van der Waals surface area contributed by atoms with Gasteiger partial charge in [0.15, 0.2) is 4.96 Å². The number of halogens is 1. The van der Waals surface area contributed by atoms with Gasteiger partial charge in [0.2, 0.25) is 10.9 Å². The minimum atomic E-state index is 0.0709. The molecule has 0 saturated heterocycles. The first-order valence-corrected chi connectivity index (χ1v) is 8.92. The quantitative estimate of drug-likeness (QED) is 0.416. The second-order valence-corrected chi connectivity index (χ2v) is 7.43. The Bertz CT molecular complexity index is 1100. The van der Waals surface area contributed by atoms with Gasteiger partial charge in [0.1, 0.15) is 0 Å². The molecule has 5 nitrogen and oxygen atoms in total. The second-order valence-electron chi connectivity index (χ2n) is 5.56. The Balaban J connectivity index is 1.81. The molecule has 0 radical (unpaired) electrons. The molecule has 0 aliphatic heterocycles. The number of azo groups is 1. The molecule has 4 rings (SSSR count). The molecular weight excluding hydrogens is 388 g/mol. The molecule has 4 aromatic rings. The molecule has 0 aliphatic carbocycles. The van der Waals surface area contributed by atoms with Crippen molar-refractivity contribution in [2.75, 3.05) is 0 Å². The van der Waals surface area contributed by atoms with Crippen LogP contribution in [-0.4, -0.2) is 14.5 Å². The van der Waals surface area contributed by atoms with Crippen molar-refractivity contribution in [3.63, 3.8) is 0 Å². The van der Waals surface area contributed by atoms with Crippen molar-refractivity contribution < 1.29 is 5.11 Å². The average Bonchev–Trinajstić information content (AvgIpc) is 3.04. The van der Waals surface area contributed by atoms with Gasteiger partial charge >= 0.3 is 0 Å². The van der Waals surface area contributed by atoms with Crippen molar-refractivity contribution in [3.05, 3.63) is 52.0 Å². The molecule has 0 fully saturated rings. The summed E-state index contributed by atoms with van der Waals surface area (Å²) in [5.41, 5.74) is 4.82. The molecule has 2 aromatic carbocycles. The van der Waals surface area contributed by atoms with Crippen LogP contribution in [0, 0.1) is 13.8 Å². The van der Waals surface area contributed by atoms with Gasteiger partial charge in [0.05, 0.1) is 16.7 Å². The molecule has 0 aliphatic rings. The summed E-state index contributed by atoms with van der Waals surface area (Å²) in [6.07, 6.45) is 0. The summed E-state index contributed by atoms with van der Waals surface area (Å²) in [6, 6.07) is 11.6. The predicted molar refractivity (Wildman–Crippen MR) is 100 cm³/mol. The summed E-state index contributed by atoms with van der Waals surface area (Å²) < 4.78 is 2.71. The van der Waals surface area contributed by atoms with Crippen molar-refractivity contribution in [1.82, 2.24) is 9.38 Å². The van der Waals surface area contributed by atoms with Crippen LogP contribution in [0.25, 0.3) is 16.0 Å². The monoisotopic (exact) mass is 400 g/mol. The lowest BCUT2D eigenvalue weighted by Crippen LogP contribution is -1.83. The van der Waals surface area contributed by atoms with Crippen molar-refractivity contribution in [3.8, 4) is 5.88 Å². The van der Waals surface area contributed by atoms with E-state index in [9.17, 15) is 5.11 Å². The third kappa shape index (κ3) is 2.50. The van der Waals surface area contributed by atoms with Gasteiger partial charge < -0.3 is 5.11 Å². The Morgan fingerprint density at radius 3 is 2.54 bits per heavy atom. The predicted octanol–water partition coefficient (Wildman–Crippen LogP) is 6.05. The van der Waals surface area contributed by atoms with E-state index in [1.54, 1.807) is 4.40 Å². The van der Waals surface area contributed by atoms with Crippen molar-refractivity contribution in [1.29, 1.82) is 0 Å². The maximum Gasteiger partial charge on any atom is 0.237 e. The second kappa shape index (κ2) is 5.68. The van der Waals surface area contributed by atoms with Crippen LogP contribution in [0.4, 0.5) is 10.7 Å². The maximum atomic E-state index is 10.5. The molecule has 0 spiro atoms. The highest BCUT2D eigenvalue weighted by molar-refractivity contribution is 9.10. The van der Waals surface area contributed by atoms with Crippen molar-refractivity contribution in [2.24, 2.45) is 10.2 Å². The Morgan fingerprint density at radius 1 is 1.08 bits per heavy atom. The molecule has 0 saturated carbocycles. The van der Waals surface area contributed by atoms with Gasteiger partial charge in [-0.15, -0.1) is 10.2 Å². The van der Waals surface area contributed by atoms with E-state index in [4.69, 9.17) is 0 Å². The topological polar surface area (TPSA) is 62.2 Å². The largest absolute Gasteiger partial charge is 0.492 e. The summed E-state index contributed by atoms with van der Waals surface area (Å²) in [5, 5.41) is 19.3. The van der Waals surface area contributed by atoms with Crippen LogP contribution in [0.5, 0.6) is 5.88 Å². The zero-order valence-electron chi connectivity index (χ0n) is 13.0. The van der Waals surface area contributed by atoms with E-state index in [0.29, 0.717) is 9.96 Å². The van der Waals surface area contributed by atoms with Gasteiger partial charge in [-0.3, -0.25) is 4.40 Å². The highest BCUT2D eigenvalue weighted by atomic mass is 79.9. The summed E-state index contributed by atoms with van der Waals surface area (Å²) in [7, 11) is 0. The number of thiazole rings is 1. The summed E-state index contributed by atoms with van der Waals surface area (Å²) in [6.45, 7) is 4.10.